The summed E-state index contributed by atoms with van der Waals surface area (Å²) >= 11 is 0. The zero-order chi connectivity index (χ0) is 11.5. The average molecular weight is 220 g/mol. The van der Waals surface area contributed by atoms with E-state index in [-0.39, 0.29) is 12.0 Å². The fraction of sp³-hybridized carbons (Fsp3) is 0.500. The topological polar surface area (TPSA) is 62.2 Å². The summed E-state index contributed by atoms with van der Waals surface area (Å²) in [6.45, 7) is 2.49. The van der Waals surface area contributed by atoms with E-state index in [1.807, 2.05) is 19.1 Å². The number of aliphatic hydroxyl groups excluding tert-OH is 1. The van der Waals surface area contributed by atoms with Crippen molar-refractivity contribution in [3.05, 3.63) is 29.6 Å². The smallest absolute Gasteiger partial charge is 0.269 e. The Kier molecular flexibility index (Phi) is 3.19. The molecule has 16 heavy (non-hydrogen) atoms. The molecule has 1 aliphatic carbocycles. The van der Waals surface area contributed by atoms with Crippen molar-refractivity contribution >= 4 is 5.91 Å². The van der Waals surface area contributed by atoms with E-state index < -0.39 is 0 Å². The van der Waals surface area contributed by atoms with Crippen LogP contribution in [0.3, 0.4) is 0 Å². The number of aliphatic hydroxyl groups is 1. The number of carbonyl (C=O) groups is 1. The molecule has 1 saturated carbocycles. The van der Waals surface area contributed by atoms with Crippen LogP contribution in [0, 0.1) is 12.8 Å². The second kappa shape index (κ2) is 4.61. The molecule has 1 amide bonds. The third kappa shape index (κ3) is 2.58. The number of rotatable bonds is 3. The highest BCUT2D eigenvalue weighted by atomic mass is 16.3. The van der Waals surface area contributed by atoms with E-state index in [0.29, 0.717) is 18.2 Å². The maximum atomic E-state index is 11.7. The molecule has 0 saturated heterocycles. The molecule has 4 heteroatoms. The number of nitrogens with one attached hydrogen (secondary N) is 1. The van der Waals surface area contributed by atoms with Crippen molar-refractivity contribution in [2.75, 3.05) is 6.54 Å². The Morgan fingerprint density at radius 2 is 2.31 bits per heavy atom. The molecule has 2 N–H and O–H groups in total. The van der Waals surface area contributed by atoms with Crippen LogP contribution in [0.5, 0.6) is 0 Å². The number of pyridine rings is 1. The van der Waals surface area contributed by atoms with Gasteiger partial charge in [0.05, 0.1) is 6.10 Å². The molecule has 0 unspecified atom stereocenters. The normalized spacial score (nSPS) is 23.6. The molecule has 4 nitrogen and oxygen atoms in total. The van der Waals surface area contributed by atoms with Crippen molar-refractivity contribution in [3.63, 3.8) is 0 Å². The van der Waals surface area contributed by atoms with Crippen molar-refractivity contribution < 1.29 is 9.90 Å². The van der Waals surface area contributed by atoms with Crippen LogP contribution in [-0.4, -0.2) is 28.6 Å². The predicted molar refractivity (Wildman–Crippen MR) is 60.0 cm³/mol. The lowest BCUT2D eigenvalue weighted by atomic mass is 9.82. The molecule has 0 bridgehead atoms. The second-order valence-electron chi connectivity index (χ2n) is 4.37. The number of carbonyl (C=O) groups excluding carboxylic acids is 1. The van der Waals surface area contributed by atoms with E-state index in [0.717, 1.165) is 18.5 Å². The van der Waals surface area contributed by atoms with Gasteiger partial charge in [-0.15, -0.1) is 0 Å². The van der Waals surface area contributed by atoms with E-state index >= 15 is 0 Å². The fourth-order valence-corrected chi connectivity index (χ4v) is 1.86. The van der Waals surface area contributed by atoms with Crippen molar-refractivity contribution in [2.45, 2.75) is 25.9 Å². The Bertz CT molecular complexity index is 386. The van der Waals surface area contributed by atoms with Gasteiger partial charge in [-0.3, -0.25) is 4.79 Å². The molecule has 86 valence electrons. The molecule has 1 aliphatic rings. The van der Waals surface area contributed by atoms with Gasteiger partial charge >= 0.3 is 0 Å². The van der Waals surface area contributed by atoms with Crippen molar-refractivity contribution in [2.24, 2.45) is 5.92 Å². The molecular formula is C12H16N2O2. The molecule has 1 aromatic rings. The molecule has 1 heterocycles. The molecule has 0 radical (unpaired) electrons. The maximum Gasteiger partial charge on any atom is 0.269 e. The maximum absolute atomic E-state index is 11.7. The zero-order valence-corrected chi connectivity index (χ0v) is 9.31. The van der Waals surface area contributed by atoms with Crippen LogP contribution in [0.15, 0.2) is 18.2 Å². The summed E-state index contributed by atoms with van der Waals surface area (Å²) in [5.74, 6) is 0.286. The summed E-state index contributed by atoms with van der Waals surface area (Å²) in [6, 6.07) is 5.39. The molecular weight excluding hydrogens is 204 g/mol. The van der Waals surface area contributed by atoms with Crippen molar-refractivity contribution in [1.82, 2.24) is 10.3 Å². The van der Waals surface area contributed by atoms with Gasteiger partial charge in [0.25, 0.3) is 5.91 Å². The summed E-state index contributed by atoms with van der Waals surface area (Å²) in [6.07, 6.45) is 1.42. The minimum atomic E-state index is -0.168. The molecule has 1 fully saturated rings. The van der Waals surface area contributed by atoms with Gasteiger partial charge in [-0.2, -0.15) is 0 Å². The Hall–Kier alpha value is -1.42. The highest BCUT2D eigenvalue weighted by Gasteiger charge is 2.27. The summed E-state index contributed by atoms with van der Waals surface area (Å²) in [5, 5.41) is 11.9. The van der Waals surface area contributed by atoms with Gasteiger partial charge in [0.2, 0.25) is 0 Å². The van der Waals surface area contributed by atoms with Crippen LogP contribution >= 0.6 is 0 Å². The van der Waals surface area contributed by atoms with E-state index in [1.165, 1.54) is 0 Å². The zero-order valence-electron chi connectivity index (χ0n) is 9.31. The number of aryl methyl sites for hydroxylation is 1. The van der Waals surface area contributed by atoms with Crippen LogP contribution < -0.4 is 5.32 Å². The number of hydrogen-bond donors (Lipinski definition) is 2. The standard InChI is InChI=1S/C12H16N2O2/c1-8-3-2-4-11(14-8)12(16)13-7-9-5-10(15)6-9/h2-4,9-10,15H,5-7H2,1H3,(H,13,16). The van der Waals surface area contributed by atoms with E-state index in [9.17, 15) is 4.79 Å². The summed E-state index contributed by atoms with van der Waals surface area (Å²) in [4.78, 5) is 15.8. The van der Waals surface area contributed by atoms with Gasteiger partial charge < -0.3 is 10.4 Å². The Labute approximate surface area is 94.7 Å². The number of aromatic nitrogens is 1. The van der Waals surface area contributed by atoms with Crippen molar-refractivity contribution in [1.29, 1.82) is 0 Å². The van der Waals surface area contributed by atoms with E-state index in [2.05, 4.69) is 10.3 Å². The van der Waals surface area contributed by atoms with Crippen LogP contribution in [0.25, 0.3) is 0 Å². The number of amides is 1. The summed E-state index contributed by atoms with van der Waals surface area (Å²) < 4.78 is 0. The first-order chi connectivity index (χ1) is 7.65. The van der Waals surface area contributed by atoms with Gasteiger partial charge in [-0.25, -0.2) is 4.98 Å². The average Bonchev–Trinajstić information content (AvgIpc) is 2.22. The lowest BCUT2D eigenvalue weighted by Gasteiger charge is -2.31. The van der Waals surface area contributed by atoms with Gasteiger partial charge in [0, 0.05) is 12.2 Å². The quantitative estimate of drug-likeness (QED) is 0.795. The van der Waals surface area contributed by atoms with Gasteiger partial charge in [0.1, 0.15) is 5.69 Å². The summed E-state index contributed by atoms with van der Waals surface area (Å²) in [7, 11) is 0. The second-order valence-corrected chi connectivity index (χ2v) is 4.37. The lowest BCUT2D eigenvalue weighted by Crippen LogP contribution is -2.38. The molecule has 1 aromatic heterocycles. The first kappa shape index (κ1) is 11.1. The van der Waals surface area contributed by atoms with Crippen LogP contribution in [0.1, 0.15) is 29.0 Å². The third-order valence-electron chi connectivity index (χ3n) is 2.88. The lowest BCUT2D eigenvalue weighted by molar-refractivity contribution is 0.0419. The monoisotopic (exact) mass is 220 g/mol. The molecule has 0 spiro atoms. The van der Waals surface area contributed by atoms with E-state index in [4.69, 9.17) is 5.11 Å². The SMILES string of the molecule is Cc1cccc(C(=O)NCC2CC(O)C2)n1. The molecule has 2 rings (SSSR count). The molecule has 0 atom stereocenters. The van der Waals surface area contributed by atoms with Crippen LogP contribution in [-0.2, 0) is 0 Å². The molecule has 0 aromatic carbocycles. The minimum Gasteiger partial charge on any atom is -0.393 e. The minimum absolute atomic E-state index is 0.134. The Morgan fingerprint density at radius 3 is 2.94 bits per heavy atom. The van der Waals surface area contributed by atoms with E-state index in [1.54, 1.807) is 6.07 Å². The highest BCUT2D eigenvalue weighted by molar-refractivity contribution is 5.92. The largest absolute Gasteiger partial charge is 0.393 e. The first-order valence-electron chi connectivity index (χ1n) is 5.55. The Balaban J connectivity index is 1.84. The van der Waals surface area contributed by atoms with Crippen LogP contribution in [0.2, 0.25) is 0 Å². The highest BCUT2D eigenvalue weighted by Crippen LogP contribution is 2.26. The van der Waals surface area contributed by atoms with Gasteiger partial charge in [-0.1, -0.05) is 6.07 Å². The Morgan fingerprint density at radius 1 is 1.56 bits per heavy atom. The number of hydrogen-bond acceptors (Lipinski definition) is 3. The third-order valence-corrected chi connectivity index (χ3v) is 2.88. The number of nitrogens with zero attached hydrogens (tertiary/aromatic N) is 1. The van der Waals surface area contributed by atoms with Crippen molar-refractivity contribution in [3.8, 4) is 0 Å². The molecule has 0 aliphatic heterocycles. The summed E-state index contributed by atoms with van der Waals surface area (Å²) in [5.41, 5.74) is 1.30. The van der Waals surface area contributed by atoms with Crippen LogP contribution in [0.4, 0.5) is 0 Å². The van der Waals surface area contributed by atoms with Gasteiger partial charge in [-0.05, 0) is 37.8 Å². The first-order valence-corrected chi connectivity index (χ1v) is 5.55. The fourth-order valence-electron chi connectivity index (χ4n) is 1.86. The predicted octanol–water partition coefficient (Wildman–Crippen LogP) is 0.891. The van der Waals surface area contributed by atoms with Gasteiger partial charge in [0.15, 0.2) is 0 Å².